The SMILES string of the molecule is N#Cc1nccc2c(F)ccc([N+](=O)[O-])c12. The molecule has 16 heavy (non-hydrogen) atoms. The van der Waals surface area contributed by atoms with Crippen molar-refractivity contribution in [3.05, 3.63) is 46.0 Å². The minimum absolute atomic E-state index is 0.0285. The summed E-state index contributed by atoms with van der Waals surface area (Å²) in [5, 5.41) is 19.5. The largest absolute Gasteiger partial charge is 0.280 e. The number of pyridine rings is 1. The molecule has 5 nitrogen and oxygen atoms in total. The summed E-state index contributed by atoms with van der Waals surface area (Å²) in [7, 11) is 0. The van der Waals surface area contributed by atoms with Gasteiger partial charge in [-0.2, -0.15) is 5.26 Å². The number of hydrogen-bond acceptors (Lipinski definition) is 4. The molecular weight excluding hydrogens is 213 g/mol. The molecule has 0 aliphatic heterocycles. The summed E-state index contributed by atoms with van der Waals surface area (Å²) < 4.78 is 13.4. The monoisotopic (exact) mass is 217 g/mol. The van der Waals surface area contributed by atoms with E-state index in [4.69, 9.17) is 5.26 Å². The Labute approximate surface area is 88.9 Å². The molecule has 78 valence electrons. The van der Waals surface area contributed by atoms with E-state index in [0.717, 1.165) is 12.1 Å². The van der Waals surface area contributed by atoms with Crippen LogP contribution in [0.5, 0.6) is 0 Å². The lowest BCUT2D eigenvalue weighted by molar-refractivity contribution is -0.383. The highest BCUT2D eigenvalue weighted by Gasteiger charge is 2.18. The van der Waals surface area contributed by atoms with Gasteiger partial charge in [-0.1, -0.05) is 0 Å². The molecule has 0 aliphatic carbocycles. The quantitative estimate of drug-likeness (QED) is 0.541. The van der Waals surface area contributed by atoms with Crippen molar-refractivity contribution in [1.82, 2.24) is 4.98 Å². The smallest absolute Gasteiger partial charge is 0.258 e. The number of nitrogens with zero attached hydrogens (tertiary/aromatic N) is 3. The second-order valence-electron chi connectivity index (χ2n) is 3.02. The van der Waals surface area contributed by atoms with E-state index >= 15 is 0 Å². The number of nitriles is 1. The highest BCUT2D eigenvalue weighted by atomic mass is 19.1. The molecule has 1 aromatic heterocycles. The molecule has 1 heterocycles. The van der Waals surface area contributed by atoms with Crippen LogP contribution in [0.15, 0.2) is 24.4 Å². The molecule has 6 heteroatoms. The van der Waals surface area contributed by atoms with Crippen molar-refractivity contribution in [2.24, 2.45) is 0 Å². The van der Waals surface area contributed by atoms with E-state index in [-0.39, 0.29) is 22.2 Å². The van der Waals surface area contributed by atoms with Crippen LogP contribution in [0.3, 0.4) is 0 Å². The Hall–Kier alpha value is -2.55. The number of non-ortho nitro benzene ring substituents is 1. The third-order valence-electron chi connectivity index (χ3n) is 2.15. The first kappa shape index (κ1) is 9.98. The third-order valence-corrected chi connectivity index (χ3v) is 2.15. The summed E-state index contributed by atoms with van der Waals surface area (Å²) in [6, 6.07) is 5.04. The van der Waals surface area contributed by atoms with Gasteiger partial charge in [0.1, 0.15) is 11.9 Å². The van der Waals surface area contributed by atoms with E-state index in [2.05, 4.69) is 4.98 Å². The maximum absolute atomic E-state index is 13.4. The van der Waals surface area contributed by atoms with Crippen LogP contribution in [-0.2, 0) is 0 Å². The van der Waals surface area contributed by atoms with Crippen molar-refractivity contribution >= 4 is 16.5 Å². The van der Waals surface area contributed by atoms with Crippen LogP contribution in [0, 0.1) is 27.3 Å². The lowest BCUT2D eigenvalue weighted by Gasteiger charge is -2.01. The second kappa shape index (κ2) is 3.55. The van der Waals surface area contributed by atoms with Crippen molar-refractivity contribution in [3.63, 3.8) is 0 Å². The van der Waals surface area contributed by atoms with Crippen molar-refractivity contribution in [3.8, 4) is 6.07 Å². The van der Waals surface area contributed by atoms with Crippen LogP contribution in [-0.4, -0.2) is 9.91 Å². The zero-order valence-corrected chi connectivity index (χ0v) is 7.85. The molecule has 0 fully saturated rings. The Morgan fingerprint density at radius 3 is 2.81 bits per heavy atom. The second-order valence-corrected chi connectivity index (χ2v) is 3.02. The summed E-state index contributed by atoms with van der Waals surface area (Å²) in [5.41, 5.74) is -0.468. The average molecular weight is 217 g/mol. The first-order valence-corrected chi connectivity index (χ1v) is 4.27. The molecule has 0 atom stereocenters. The average Bonchev–Trinajstić information content (AvgIpc) is 2.28. The Balaban J connectivity index is 3.01. The van der Waals surface area contributed by atoms with Crippen molar-refractivity contribution in [2.45, 2.75) is 0 Å². The predicted molar refractivity (Wildman–Crippen MR) is 53.1 cm³/mol. The summed E-state index contributed by atoms with van der Waals surface area (Å²) >= 11 is 0. The number of aromatic nitrogens is 1. The van der Waals surface area contributed by atoms with E-state index < -0.39 is 10.7 Å². The lowest BCUT2D eigenvalue weighted by Crippen LogP contribution is -1.95. The Bertz CT molecular complexity index is 634. The van der Waals surface area contributed by atoms with Gasteiger partial charge in [0.05, 0.1) is 10.3 Å². The van der Waals surface area contributed by atoms with E-state index in [1.807, 2.05) is 0 Å². The molecule has 2 aromatic rings. The van der Waals surface area contributed by atoms with Gasteiger partial charge in [0.15, 0.2) is 5.69 Å². The Morgan fingerprint density at radius 2 is 2.19 bits per heavy atom. The minimum Gasteiger partial charge on any atom is -0.258 e. The number of nitro benzene ring substituents is 1. The van der Waals surface area contributed by atoms with Crippen molar-refractivity contribution < 1.29 is 9.31 Å². The van der Waals surface area contributed by atoms with Gasteiger partial charge in [-0.3, -0.25) is 10.1 Å². The summed E-state index contributed by atoms with van der Waals surface area (Å²) in [6.45, 7) is 0. The van der Waals surface area contributed by atoms with E-state index in [1.165, 1.54) is 12.3 Å². The molecule has 2 rings (SSSR count). The summed E-state index contributed by atoms with van der Waals surface area (Å²) in [6.07, 6.45) is 1.24. The highest BCUT2D eigenvalue weighted by Crippen LogP contribution is 2.29. The van der Waals surface area contributed by atoms with E-state index in [1.54, 1.807) is 6.07 Å². The number of rotatable bonds is 1. The molecule has 0 saturated heterocycles. The van der Waals surface area contributed by atoms with Gasteiger partial charge in [-0.15, -0.1) is 0 Å². The normalized spacial score (nSPS) is 10.0. The zero-order valence-electron chi connectivity index (χ0n) is 7.85. The fourth-order valence-electron chi connectivity index (χ4n) is 1.48. The first-order valence-electron chi connectivity index (χ1n) is 4.27. The lowest BCUT2D eigenvalue weighted by atomic mass is 10.1. The van der Waals surface area contributed by atoms with Crippen LogP contribution >= 0.6 is 0 Å². The zero-order chi connectivity index (χ0) is 11.7. The van der Waals surface area contributed by atoms with Crippen LogP contribution in [0.25, 0.3) is 10.8 Å². The summed E-state index contributed by atoms with van der Waals surface area (Å²) in [5.74, 6) is -0.612. The molecule has 0 unspecified atom stereocenters. The minimum atomic E-state index is -0.662. The van der Waals surface area contributed by atoms with Crippen molar-refractivity contribution in [2.75, 3.05) is 0 Å². The molecule has 0 amide bonds. The van der Waals surface area contributed by atoms with E-state index in [0.29, 0.717) is 0 Å². The van der Waals surface area contributed by atoms with Gasteiger partial charge in [-0.25, -0.2) is 9.37 Å². The topological polar surface area (TPSA) is 79.8 Å². The number of fused-ring (bicyclic) bond motifs is 1. The first-order chi connectivity index (χ1) is 7.65. The molecule has 0 radical (unpaired) electrons. The highest BCUT2D eigenvalue weighted by molar-refractivity contribution is 5.94. The Morgan fingerprint density at radius 1 is 1.44 bits per heavy atom. The van der Waals surface area contributed by atoms with Crippen LogP contribution in [0.2, 0.25) is 0 Å². The summed E-state index contributed by atoms with van der Waals surface area (Å²) in [4.78, 5) is 13.8. The van der Waals surface area contributed by atoms with E-state index in [9.17, 15) is 14.5 Å². The maximum atomic E-state index is 13.4. The van der Waals surface area contributed by atoms with Crippen LogP contribution in [0.1, 0.15) is 5.69 Å². The van der Waals surface area contributed by atoms with Gasteiger partial charge in [0, 0.05) is 17.6 Å². The number of hydrogen-bond donors (Lipinski definition) is 0. The molecular formula is C10H4FN3O2. The third kappa shape index (κ3) is 1.35. The number of halogens is 1. The fraction of sp³-hybridized carbons (Fsp3) is 0. The van der Waals surface area contributed by atoms with Gasteiger partial charge >= 0.3 is 0 Å². The van der Waals surface area contributed by atoms with Crippen LogP contribution in [0.4, 0.5) is 10.1 Å². The number of nitro groups is 1. The fourth-order valence-corrected chi connectivity index (χ4v) is 1.48. The van der Waals surface area contributed by atoms with Gasteiger partial charge in [-0.05, 0) is 12.1 Å². The Kier molecular flexibility index (Phi) is 2.21. The molecule has 0 N–H and O–H groups in total. The molecule has 0 saturated carbocycles. The van der Waals surface area contributed by atoms with Gasteiger partial charge < -0.3 is 0 Å². The standard InChI is InChI=1S/C10H4FN3O2/c11-7-1-2-9(14(15)16)10-6(7)3-4-13-8(10)5-12/h1-4H. The molecule has 0 aliphatic rings. The van der Waals surface area contributed by atoms with Crippen molar-refractivity contribution in [1.29, 1.82) is 5.26 Å². The number of benzene rings is 1. The molecule has 1 aromatic carbocycles. The van der Waals surface area contributed by atoms with Gasteiger partial charge in [0.25, 0.3) is 5.69 Å². The van der Waals surface area contributed by atoms with Crippen LogP contribution < -0.4 is 0 Å². The molecule has 0 bridgehead atoms. The maximum Gasteiger partial charge on any atom is 0.280 e. The van der Waals surface area contributed by atoms with Gasteiger partial charge in [0.2, 0.25) is 0 Å². The predicted octanol–water partition coefficient (Wildman–Crippen LogP) is 2.15. The molecule has 0 spiro atoms.